The van der Waals surface area contributed by atoms with Crippen LogP contribution in [0.25, 0.3) is 0 Å². The average molecular weight is 303 g/mol. The van der Waals surface area contributed by atoms with Crippen molar-refractivity contribution < 1.29 is 14.5 Å². The van der Waals surface area contributed by atoms with E-state index >= 15 is 0 Å². The van der Waals surface area contributed by atoms with Gasteiger partial charge >= 0.3 is 0 Å². The Kier molecular flexibility index (Phi) is 3.89. The number of amides is 2. The predicted molar refractivity (Wildman–Crippen MR) is 79.4 cm³/mol. The van der Waals surface area contributed by atoms with Crippen molar-refractivity contribution in [1.29, 1.82) is 0 Å². The van der Waals surface area contributed by atoms with Crippen LogP contribution in [0.5, 0.6) is 0 Å². The van der Waals surface area contributed by atoms with Crippen LogP contribution in [0.4, 0.5) is 11.4 Å². The maximum Gasteiger partial charge on any atom is 0.293 e. The number of nitro groups is 1. The number of piperidine rings is 1. The van der Waals surface area contributed by atoms with Crippen LogP contribution in [-0.2, 0) is 9.59 Å². The first-order valence-electron chi connectivity index (χ1n) is 7.44. The lowest BCUT2D eigenvalue weighted by Gasteiger charge is -2.30. The number of nitrogens with zero attached hydrogens (tertiary/aromatic N) is 3. The topological polar surface area (TPSA) is 83.8 Å². The Labute approximate surface area is 127 Å². The summed E-state index contributed by atoms with van der Waals surface area (Å²) in [5.74, 6) is -0.712. The summed E-state index contributed by atoms with van der Waals surface area (Å²) in [5, 5.41) is 11.1. The van der Waals surface area contributed by atoms with Crippen molar-refractivity contribution in [3.05, 3.63) is 34.4 Å². The number of imide groups is 1. The Hall–Kier alpha value is -2.28. The SMILES string of the molecule is O=C1C[C@H](N2CCCCC2)C(=O)N1c1ccccc1[N+](=O)[O-]. The van der Waals surface area contributed by atoms with E-state index in [2.05, 4.69) is 0 Å². The molecule has 2 fully saturated rings. The molecule has 2 saturated heterocycles. The van der Waals surface area contributed by atoms with Gasteiger partial charge in [-0.15, -0.1) is 0 Å². The van der Waals surface area contributed by atoms with Crippen molar-refractivity contribution in [3.63, 3.8) is 0 Å². The zero-order chi connectivity index (χ0) is 15.7. The molecule has 1 aromatic rings. The Balaban J connectivity index is 1.90. The third-order valence-corrected chi connectivity index (χ3v) is 4.27. The molecule has 1 atom stereocenters. The van der Waals surface area contributed by atoms with Gasteiger partial charge in [0.15, 0.2) is 0 Å². The van der Waals surface area contributed by atoms with Gasteiger partial charge in [-0.1, -0.05) is 18.6 Å². The fourth-order valence-electron chi connectivity index (χ4n) is 3.19. The number of hydrogen-bond acceptors (Lipinski definition) is 5. The number of para-hydroxylation sites is 2. The Bertz CT molecular complexity index is 625. The van der Waals surface area contributed by atoms with Gasteiger partial charge in [-0.2, -0.15) is 0 Å². The van der Waals surface area contributed by atoms with E-state index in [0.29, 0.717) is 0 Å². The van der Waals surface area contributed by atoms with Crippen LogP contribution in [-0.4, -0.2) is 40.8 Å². The molecule has 2 aliphatic heterocycles. The molecule has 3 rings (SSSR count). The fourth-order valence-corrected chi connectivity index (χ4v) is 3.19. The van der Waals surface area contributed by atoms with Gasteiger partial charge in [-0.25, -0.2) is 4.90 Å². The highest BCUT2D eigenvalue weighted by Crippen LogP contribution is 2.33. The molecule has 2 aliphatic rings. The summed E-state index contributed by atoms with van der Waals surface area (Å²) in [5.41, 5.74) is -0.148. The number of rotatable bonds is 3. The molecule has 22 heavy (non-hydrogen) atoms. The zero-order valence-electron chi connectivity index (χ0n) is 12.1. The van der Waals surface area contributed by atoms with Crippen molar-refractivity contribution in [2.75, 3.05) is 18.0 Å². The van der Waals surface area contributed by atoms with Crippen molar-refractivity contribution >= 4 is 23.2 Å². The molecule has 0 saturated carbocycles. The third kappa shape index (κ3) is 2.48. The van der Waals surface area contributed by atoms with Gasteiger partial charge in [-0.3, -0.25) is 24.6 Å². The van der Waals surface area contributed by atoms with E-state index in [1.165, 1.54) is 18.2 Å². The third-order valence-electron chi connectivity index (χ3n) is 4.27. The van der Waals surface area contributed by atoms with Gasteiger partial charge in [0.2, 0.25) is 5.91 Å². The van der Waals surface area contributed by atoms with Crippen molar-refractivity contribution in [2.45, 2.75) is 31.7 Å². The predicted octanol–water partition coefficient (Wildman–Crippen LogP) is 1.71. The minimum atomic E-state index is -0.565. The van der Waals surface area contributed by atoms with Crippen LogP contribution in [0.3, 0.4) is 0 Å². The number of nitro benzene ring substituents is 1. The summed E-state index contributed by atoms with van der Waals surface area (Å²) < 4.78 is 0. The molecule has 2 amide bonds. The van der Waals surface area contributed by atoms with E-state index in [1.54, 1.807) is 6.07 Å². The van der Waals surface area contributed by atoms with Crippen LogP contribution in [0, 0.1) is 10.1 Å². The minimum absolute atomic E-state index is 0.0713. The van der Waals surface area contributed by atoms with Gasteiger partial charge in [0, 0.05) is 6.07 Å². The molecular formula is C15H17N3O4. The van der Waals surface area contributed by atoms with E-state index in [4.69, 9.17) is 0 Å². The normalized spacial score (nSPS) is 23.1. The molecule has 7 nitrogen and oxygen atoms in total. The van der Waals surface area contributed by atoms with Crippen molar-refractivity contribution in [1.82, 2.24) is 4.90 Å². The van der Waals surface area contributed by atoms with E-state index < -0.39 is 11.0 Å². The van der Waals surface area contributed by atoms with E-state index in [-0.39, 0.29) is 29.6 Å². The van der Waals surface area contributed by atoms with Crippen molar-refractivity contribution in [3.8, 4) is 0 Å². The van der Waals surface area contributed by atoms with Gasteiger partial charge in [0.25, 0.3) is 11.6 Å². The molecule has 0 aromatic heterocycles. The Morgan fingerprint density at radius 3 is 2.45 bits per heavy atom. The number of carbonyl (C=O) groups excluding carboxylic acids is 2. The highest BCUT2D eigenvalue weighted by molar-refractivity contribution is 6.23. The van der Waals surface area contributed by atoms with Gasteiger partial charge in [0.05, 0.1) is 17.4 Å². The van der Waals surface area contributed by atoms with Crippen LogP contribution in [0.1, 0.15) is 25.7 Å². The molecule has 0 N–H and O–H groups in total. The van der Waals surface area contributed by atoms with E-state index in [9.17, 15) is 19.7 Å². The van der Waals surface area contributed by atoms with Crippen LogP contribution in [0.15, 0.2) is 24.3 Å². The van der Waals surface area contributed by atoms with E-state index in [0.717, 1.165) is 37.3 Å². The molecule has 0 unspecified atom stereocenters. The summed E-state index contributed by atoms with van der Waals surface area (Å²) >= 11 is 0. The number of hydrogen-bond donors (Lipinski definition) is 0. The smallest absolute Gasteiger partial charge is 0.292 e. The van der Waals surface area contributed by atoms with Gasteiger partial charge < -0.3 is 0 Å². The second-order valence-electron chi connectivity index (χ2n) is 5.63. The van der Waals surface area contributed by atoms with Crippen LogP contribution in [0.2, 0.25) is 0 Å². The fraction of sp³-hybridized carbons (Fsp3) is 0.467. The first-order chi connectivity index (χ1) is 10.6. The number of anilines is 1. The quantitative estimate of drug-likeness (QED) is 0.482. The molecular weight excluding hydrogens is 286 g/mol. The van der Waals surface area contributed by atoms with Gasteiger partial charge in [0.1, 0.15) is 5.69 Å². The minimum Gasteiger partial charge on any atom is -0.292 e. The van der Waals surface area contributed by atoms with Crippen LogP contribution >= 0.6 is 0 Å². The summed E-state index contributed by atoms with van der Waals surface area (Å²) in [6.45, 7) is 1.60. The van der Waals surface area contributed by atoms with Crippen molar-refractivity contribution in [2.24, 2.45) is 0 Å². The Morgan fingerprint density at radius 2 is 1.77 bits per heavy atom. The Morgan fingerprint density at radius 1 is 1.09 bits per heavy atom. The molecule has 0 spiro atoms. The second kappa shape index (κ2) is 5.84. The highest BCUT2D eigenvalue weighted by Gasteiger charge is 2.44. The summed E-state index contributed by atoms with van der Waals surface area (Å²) in [6.07, 6.45) is 3.27. The molecule has 1 aromatic carbocycles. The standard InChI is InChI=1S/C15H17N3O4/c19-14-10-13(16-8-4-1-5-9-16)15(20)17(14)11-6-2-3-7-12(11)18(21)22/h2-3,6-7,13H,1,4-5,8-10H2/t13-/m0/s1. The largest absolute Gasteiger partial charge is 0.293 e. The average Bonchev–Trinajstić information content (AvgIpc) is 2.83. The summed E-state index contributed by atoms with van der Waals surface area (Å²) in [4.78, 5) is 38.5. The summed E-state index contributed by atoms with van der Waals surface area (Å²) in [7, 11) is 0. The highest BCUT2D eigenvalue weighted by atomic mass is 16.6. The lowest BCUT2D eigenvalue weighted by Crippen LogP contribution is -2.44. The zero-order valence-corrected chi connectivity index (χ0v) is 12.1. The maximum absolute atomic E-state index is 12.6. The first kappa shape index (κ1) is 14.6. The number of likely N-dealkylation sites (tertiary alicyclic amines) is 1. The van der Waals surface area contributed by atoms with E-state index in [1.807, 2.05) is 4.90 Å². The molecule has 0 radical (unpaired) electrons. The summed E-state index contributed by atoms with van der Waals surface area (Å²) in [6, 6.07) is 5.40. The molecule has 116 valence electrons. The molecule has 7 heteroatoms. The lowest BCUT2D eigenvalue weighted by molar-refractivity contribution is -0.384. The molecule has 0 aliphatic carbocycles. The number of carbonyl (C=O) groups is 2. The second-order valence-corrected chi connectivity index (χ2v) is 5.63. The molecule has 2 heterocycles. The first-order valence-corrected chi connectivity index (χ1v) is 7.44. The van der Waals surface area contributed by atoms with Crippen LogP contribution < -0.4 is 4.90 Å². The monoisotopic (exact) mass is 303 g/mol. The van der Waals surface area contributed by atoms with Gasteiger partial charge in [-0.05, 0) is 32.0 Å². The lowest BCUT2D eigenvalue weighted by atomic mass is 10.1. The maximum atomic E-state index is 12.6. The molecule has 0 bridgehead atoms. The number of benzene rings is 1.